The summed E-state index contributed by atoms with van der Waals surface area (Å²) in [6, 6.07) is 0. The third-order valence-corrected chi connectivity index (χ3v) is 8.52. The van der Waals surface area contributed by atoms with E-state index in [-0.39, 0.29) is 38.0 Å². The predicted molar refractivity (Wildman–Crippen MR) is 237 cm³/mol. The molecule has 0 spiro atoms. The fourth-order valence-electron chi connectivity index (χ4n) is 5.28. The molecule has 0 amide bonds. The highest BCUT2D eigenvalue weighted by molar-refractivity contribution is 5.71. The molecule has 0 aliphatic rings. The summed E-state index contributed by atoms with van der Waals surface area (Å²) in [5.74, 6) is -1.13. The minimum Gasteiger partial charge on any atom is -0.462 e. The Balaban J connectivity index is 4.63. The van der Waals surface area contributed by atoms with E-state index in [1.807, 2.05) is 24.3 Å². The molecule has 0 aromatic heterocycles. The van der Waals surface area contributed by atoms with E-state index < -0.39 is 12.1 Å². The molecule has 0 aliphatic carbocycles. The number of ether oxygens (including phenoxy) is 3. The molecule has 0 N–H and O–H groups in total. The van der Waals surface area contributed by atoms with Crippen LogP contribution in [0, 0.1) is 0 Å². The standard InChI is InChI=1S/C50H78O6/c1-4-7-10-13-16-19-22-25-28-31-34-37-40-43-49(52)55-46-47(45-54-48(51)42-39-36-33-30-27-24-21-18-15-12-9-6-3)56-50(53)44-41-38-35-32-29-26-23-20-17-14-11-8-5-2/h7-8,10-11,16-21,25-26,28-29,34-35,37-38,47H,4-6,9,12-15,22-24,27,30-33,36,39-46H2,1-3H3/b10-7-,11-8-,19-16-,20-17-,21-18-,28-25-,29-26-,37-34-,38-35-. The monoisotopic (exact) mass is 775 g/mol. The fourth-order valence-corrected chi connectivity index (χ4v) is 5.28. The number of unbranched alkanes of at least 4 members (excludes halogenated alkanes) is 8. The van der Waals surface area contributed by atoms with Gasteiger partial charge >= 0.3 is 17.9 Å². The minimum atomic E-state index is -0.847. The zero-order valence-electron chi connectivity index (χ0n) is 35.6. The van der Waals surface area contributed by atoms with E-state index in [4.69, 9.17) is 14.2 Å². The lowest BCUT2D eigenvalue weighted by atomic mass is 10.1. The Morgan fingerprint density at radius 3 is 1.20 bits per heavy atom. The molecule has 6 nitrogen and oxygen atoms in total. The fraction of sp³-hybridized carbons (Fsp3) is 0.580. The molecule has 56 heavy (non-hydrogen) atoms. The lowest BCUT2D eigenvalue weighted by Crippen LogP contribution is -2.30. The normalized spacial score (nSPS) is 13.1. The molecule has 314 valence electrons. The maximum Gasteiger partial charge on any atom is 0.306 e. The summed E-state index contributed by atoms with van der Waals surface area (Å²) >= 11 is 0. The van der Waals surface area contributed by atoms with Crippen LogP contribution in [0.4, 0.5) is 0 Å². The van der Waals surface area contributed by atoms with Gasteiger partial charge in [0.15, 0.2) is 6.10 Å². The van der Waals surface area contributed by atoms with Crippen molar-refractivity contribution < 1.29 is 28.6 Å². The van der Waals surface area contributed by atoms with Crippen LogP contribution in [-0.2, 0) is 28.6 Å². The first-order chi connectivity index (χ1) is 27.5. The minimum absolute atomic E-state index is 0.136. The van der Waals surface area contributed by atoms with Crippen LogP contribution in [0.15, 0.2) is 109 Å². The molecule has 0 fully saturated rings. The molecule has 0 bridgehead atoms. The van der Waals surface area contributed by atoms with Crippen molar-refractivity contribution in [3.8, 4) is 0 Å². The second kappa shape index (κ2) is 43.8. The Kier molecular flexibility index (Phi) is 40.7. The molecule has 0 saturated heterocycles. The van der Waals surface area contributed by atoms with E-state index in [9.17, 15) is 14.4 Å². The van der Waals surface area contributed by atoms with Crippen LogP contribution < -0.4 is 0 Å². The molecule has 6 heteroatoms. The third kappa shape index (κ3) is 41.2. The van der Waals surface area contributed by atoms with Crippen molar-refractivity contribution in [3.05, 3.63) is 109 Å². The Bertz CT molecular complexity index is 1210. The predicted octanol–water partition coefficient (Wildman–Crippen LogP) is 14.0. The van der Waals surface area contributed by atoms with Gasteiger partial charge in [0, 0.05) is 19.3 Å². The van der Waals surface area contributed by atoms with Crippen LogP contribution in [0.5, 0.6) is 0 Å². The summed E-state index contributed by atoms with van der Waals surface area (Å²) < 4.78 is 16.5. The van der Waals surface area contributed by atoms with E-state index in [1.54, 1.807) is 0 Å². The summed E-state index contributed by atoms with van der Waals surface area (Å²) in [4.78, 5) is 37.6. The molecule has 0 aliphatic heterocycles. The van der Waals surface area contributed by atoms with Crippen molar-refractivity contribution in [1.82, 2.24) is 0 Å². The molecule has 1 atom stereocenters. The first-order valence-electron chi connectivity index (χ1n) is 21.9. The highest BCUT2D eigenvalue weighted by atomic mass is 16.6. The number of hydrogen-bond donors (Lipinski definition) is 0. The molecule has 1 unspecified atom stereocenters. The van der Waals surface area contributed by atoms with E-state index in [2.05, 4.69) is 106 Å². The SMILES string of the molecule is CC/C=C\C/C=C\C/C=C\C/C=C\CCC(=O)OCC(COC(=O)CCCCCCC/C=C\CCCCC)OC(=O)CC/C=C\C/C=C\C/C=C\C/C=C\CC. The van der Waals surface area contributed by atoms with Gasteiger partial charge in [-0.1, -0.05) is 162 Å². The van der Waals surface area contributed by atoms with Gasteiger partial charge in [0.05, 0.1) is 0 Å². The summed E-state index contributed by atoms with van der Waals surface area (Å²) in [7, 11) is 0. The van der Waals surface area contributed by atoms with Crippen molar-refractivity contribution in [2.45, 2.75) is 175 Å². The van der Waals surface area contributed by atoms with Crippen molar-refractivity contribution in [2.75, 3.05) is 13.2 Å². The third-order valence-electron chi connectivity index (χ3n) is 8.52. The molecule has 0 saturated carbocycles. The highest BCUT2D eigenvalue weighted by Crippen LogP contribution is 2.10. The zero-order chi connectivity index (χ0) is 40.8. The van der Waals surface area contributed by atoms with Gasteiger partial charge in [-0.05, 0) is 96.3 Å². The zero-order valence-corrected chi connectivity index (χ0v) is 35.6. The summed E-state index contributed by atoms with van der Waals surface area (Å²) in [5, 5.41) is 0. The lowest BCUT2D eigenvalue weighted by molar-refractivity contribution is -0.166. The van der Waals surface area contributed by atoms with Gasteiger partial charge in [0.2, 0.25) is 0 Å². The van der Waals surface area contributed by atoms with Gasteiger partial charge in [-0.3, -0.25) is 14.4 Å². The topological polar surface area (TPSA) is 78.9 Å². The number of esters is 3. The average molecular weight is 775 g/mol. The highest BCUT2D eigenvalue weighted by Gasteiger charge is 2.19. The quantitative estimate of drug-likeness (QED) is 0.0271. The number of hydrogen-bond acceptors (Lipinski definition) is 6. The number of allylic oxidation sites excluding steroid dienone is 18. The second-order valence-electron chi connectivity index (χ2n) is 13.8. The van der Waals surface area contributed by atoms with Crippen LogP contribution in [0.3, 0.4) is 0 Å². The van der Waals surface area contributed by atoms with Crippen molar-refractivity contribution in [2.24, 2.45) is 0 Å². The molecule has 0 aromatic rings. The van der Waals surface area contributed by atoms with Crippen molar-refractivity contribution in [3.63, 3.8) is 0 Å². The smallest absolute Gasteiger partial charge is 0.306 e. The van der Waals surface area contributed by atoms with Gasteiger partial charge < -0.3 is 14.2 Å². The molecule has 0 heterocycles. The van der Waals surface area contributed by atoms with Crippen LogP contribution >= 0.6 is 0 Å². The van der Waals surface area contributed by atoms with Gasteiger partial charge in [-0.2, -0.15) is 0 Å². The van der Waals surface area contributed by atoms with Crippen LogP contribution in [-0.4, -0.2) is 37.2 Å². The first kappa shape index (κ1) is 52.1. The number of carbonyl (C=O) groups is 3. The second-order valence-corrected chi connectivity index (χ2v) is 13.8. The van der Waals surface area contributed by atoms with Gasteiger partial charge in [-0.25, -0.2) is 0 Å². The molecule has 0 radical (unpaired) electrons. The van der Waals surface area contributed by atoms with E-state index in [0.29, 0.717) is 19.3 Å². The maximum atomic E-state index is 12.7. The largest absolute Gasteiger partial charge is 0.462 e. The van der Waals surface area contributed by atoms with Gasteiger partial charge in [0.1, 0.15) is 13.2 Å². The van der Waals surface area contributed by atoms with Crippen molar-refractivity contribution in [1.29, 1.82) is 0 Å². The number of carbonyl (C=O) groups excluding carboxylic acids is 3. The van der Waals surface area contributed by atoms with Crippen LogP contribution in [0.25, 0.3) is 0 Å². The molecule has 0 aromatic carbocycles. The summed E-state index contributed by atoms with van der Waals surface area (Å²) in [6.07, 6.45) is 58.1. The molecular formula is C50H78O6. The Hall–Kier alpha value is -3.93. The van der Waals surface area contributed by atoms with E-state index in [0.717, 1.165) is 83.5 Å². The molecular weight excluding hydrogens is 697 g/mol. The van der Waals surface area contributed by atoms with Crippen molar-refractivity contribution >= 4 is 17.9 Å². The Morgan fingerprint density at radius 2 is 0.732 bits per heavy atom. The number of rotatable bonds is 37. The summed E-state index contributed by atoms with van der Waals surface area (Å²) in [5.41, 5.74) is 0. The summed E-state index contributed by atoms with van der Waals surface area (Å²) in [6.45, 7) is 6.20. The van der Waals surface area contributed by atoms with E-state index >= 15 is 0 Å². The first-order valence-corrected chi connectivity index (χ1v) is 21.9. The maximum absolute atomic E-state index is 12.7. The average Bonchev–Trinajstić information content (AvgIpc) is 3.19. The van der Waals surface area contributed by atoms with E-state index in [1.165, 1.54) is 32.1 Å². The lowest BCUT2D eigenvalue weighted by Gasteiger charge is -2.18. The van der Waals surface area contributed by atoms with Gasteiger partial charge in [0.25, 0.3) is 0 Å². The Morgan fingerprint density at radius 1 is 0.375 bits per heavy atom. The van der Waals surface area contributed by atoms with Gasteiger partial charge in [-0.15, -0.1) is 0 Å². The van der Waals surface area contributed by atoms with Crippen LogP contribution in [0.1, 0.15) is 168 Å². The Labute approximate surface area is 342 Å². The van der Waals surface area contributed by atoms with Crippen LogP contribution in [0.2, 0.25) is 0 Å². The molecule has 0 rings (SSSR count).